The molecule has 0 aliphatic rings. The van der Waals surface area contributed by atoms with E-state index < -0.39 is 0 Å². The minimum absolute atomic E-state index is 0.0864. The summed E-state index contributed by atoms with van der Waals surface area (Å²) in [6.45, 7) is 9.27. The van der Waals surface area contributed by atoms with Gasteiger partial charge in [0.25, 0.3) is 0 Å². The Morgan fingerprint density at radius 3 is 1.96 bits per heavy atom. The molecule has 0 N–H and O–H groups in total. The van der Waals surface area contributed by atoms with E-state index in [9.17, 15) is 0 Å². The SMILES string of the molecule is [CH3][Ge][c]1c(C(C)C)cc(-c2ccc3c(c2)oc2ccccc23)cc1C(C)C. The van der Waals surface area contributed by atoms with E-state index in [2.05, 4.69) is 75.9 Å². The fourth-order valence-electron chi connectivity index (χ4n) is 3.96. The van der Waals surface area contributed by atoms with Gasteiger partial charge in [-0.1, -0.05) is 0 Å². The van der Waals surface area contributed by atoms with Gasteiger partial charge >= 0.3 is 168 Å². The van der Waals surface area contributed by atoms with Crippen molar-refractivity contribution in [1.82, 2.24) is 0 Å². The normalized spacial score (nSPS) is 12.0. The maximum absolute atomic E-state index is 6.12. The molecule has 1 heterocycles. The molecule has 0 unspecified atom stereocenters. The van der Waals surface area contributed by atoms with Crippen molar-refractivity contribution in [3.05, 3.63) is 65.7 Å². The molecule has 0 spiro atoms. The van der Waals surface area contributed by atoms with E-state index in [1.807, 2.05) is 12.1 Å². The molecule has 2 radical (unpaired) electrons. The molecule has 0 amide bonds. The molecule has 2 heteroatoms. The van der Waals surface area contributed by atoms with Crippen molar-refractivity contribution in [2.45, 2.75) is 45.3 Å². The molecule has 3 aromatic carbocycles. The topological polar surface area (TPSA) is 13.1 Å². The summed E-state index contributed by atoms with van der Waals surface area (Å²) in [6.07, 6.45) is 0. The second-order valence-electron chi connectivity index (χ2n) is 7.90. The molecule has 4 aromatic rings. The third kappa shape index (κ3) is 3.23. The van der Waals surface area contributed by atoms with Crippen LogP contribution in [0.3, 0.4) is 0 Å². The van der Waals surface area contributed by atoms with Gasteiger partial charge in [-0.3, -0.25) is 0 Å². The number of furan rings is 1. The van der Waals surface area contributed by atoms with Crippen molar-refractivity contribution in [2.75, 3.05) is 0 Å². The van der Waals surface area contributed by atoms with Crippen LogP contribution < -0.4 is 4.40 Å². The molecule has 1 aromatic heterocycles. The van der Waals surface area contributed by atoms with Crippen LogP contribution in [0.1, 0.15) is 50.7 Å². The Labute approximate surface area is 168 Å². The first-order chi connectivity index (χ1) is 13.0. The first-order valence-corrected chi connectivity index (χ1v) is 12.9. The molecule has 136 valence electrons. The van der Waals surface area contributed by atoms with Crippen LogP contribution in [-0.2, 0) is 0 Å². The molecular weight excluding hydrogens is 389 g/mol. The number of para-hydroxylation sites is 1. The Morgan fingerprint density at radius 2 is 1.33 bits per heavy atom. The first kappa shape index (κ1) is 18.4. The van der Waals surface area contributed by atoms with Crippen LogP contribution >= 0.6 is 0 Å². The third-order valence-corrected chi connectivity index (χ3v) is 7.67. The average molecular weight is 415 g/mol. The van der Waals surface area contributed by atoms with Crippen LogP contribution in [0.2, 0.25) is 5.76 Å². The second-order valence-corrected chi connectivity index (χ2v) is 10.00. The maximum atomic E-state index is 6.12. The van der Waals surface area contributed by atoms with Crippen molar-refractivity contribution in [3.8, 4) is 11.1 Å². The minimum atomic E-state index is -0.0864. The zero-order valence-corrected chi connectivity index (χ0v) is 18.9. The number of hydrogen-bond acceptors (Lipinski definition) is 1. The first-order valence-electron chi connectivity index (χ1n) is 9.77. The van der Waals surface area contributed by atoms with Crippen LogP contribution in [0.25, 0.3) is 33.1 Å². The summed E-state index contributed by atoms with van der Waals surface area (Å²) in [4.78, 5) is 0. The van der Waals surface area contributed by atoms with Gasteiger partial charge in [-0.2, -0.15) is 0 Å². The fourth-order valence-corrected chi connectivity index (χ4v) is 6.68. The Kier molecular flexibility index (Phi) is 4.90. The molecule has 4 rings (SSSR count). The molecular formula is C25H26GeO. The van der Waals surface area contributed by atoms with Crippen LogP contribution in [0.15, 0.2) is 59.0 Å². The van der Waals surface area contributed by atoms with Crippen molar-refractivity contribution >= 4 is 41.8 Å². The van der Waals surface area contributed by atoms with Gasteiger partial charge in [-0.15, -0.1) is 0 Å². The van der Waals surface area contributed by atoms with Gasteiger partial charge in [0.1, 0.15) is 0 Å². The van der Waals surface area contributed by atoms with E-state index in [0.717, 1.165) is 11.2 Å². The number of fused-ring (bicyclic) bond motifs is 3. The molecule has 0 saturated heterocycles. The predicted molar refractivity (Wildman–Crippen MR) is 119 cm³/mol. The van der Waals surface area contributed by atoms with Crippen molar-refractivity contribution in [1.29, 1.82) is 0 Å². The number of hydrogen-bond donors (Lipinski definition) is 0. The van der Waals surface area contributed by atoms with E-state index in [0.29, 0.717) is 11.8 Å². The quantitative estimate of drug-likeness (QED) is 0.332. The molecule has 0 saturated carbocycles. The summed E-state index contributed by atoms with van der Waals surface area (Å²) in [5.41, 5.74) is 7.55. The monoisotopic (exact) mass is 416 g/mol. The summed E-state index contributed by atoms with van der Waals surface area (Å²) in [5, 5.41) is 2.39. The molecule has 0 atom stereocenters. The van der Waals surface area contributed by atoms with Crippen LogP contribution in [-0.4, -0.2) is 15.4 Å². The standard InChI is InChI=1S/C25H26GeO/c1-15(2)21-12-18(13-22(16(3)4)25(21)26-5)17-10-11-20-19-8-6-7-9-23(19)27-24(20)14-17/h6-16H,1-5H3. The zero-order valence-electron chi connectivity index (χ0n) is 16.8. The number of benzene rings is 3. The summed E-state index contributed by atoms with van der Waals surface area (Å²) in [6, 6.07) is 19.8. The molecule has 0 bridgehead atoms. The molecule has 0 aliphatic carbocycles. The Bertz CT molecular complexity index is 1090. The predicted octanol–water partition coefficient (Wildman–Crippen LogP) is 6.88. The van der Waals surface area contributed by atoms with E-state index in [1.165, 1.54) is 33.0 Å². The second kappa shape index (κ2) is 7.20. The van der Waals surface area contributed by atoms with Crippen molar-refractivity contribution in [3.63, 3.8) is 0 Å². The van der Waals surface area contributed by atoms with Crippen LogP contribution in [0.5, 0.6) is 0 Å². The number of rotatable bonds is 4. The molecule has 1 nitrogen and oxygen atoms in total. The molecule has 0 fully saturated rings. The Balaban J connectivity index is 1.93. The van der Waals surface area contributed by atoms with E-state index in [-0.39, 0.29) is 15.4 Å². The van der Waals surface area contributed by atoms with E-state index in [4.69, 9.17) is 4.42 Å². The zero-order chi connectivity index (χ0) is 19.1. The summed E-state index contributed by atoms with van der Waals surface area (Å²) in [7, 11) is 0. The third-order valence-electron chi connectivity index (χ3n) is 5.41. The summed E-state index contributed by atoms with van der Waals surface area (Å²) in [5.74, 6) is 3.50. The summed E-state index contributed by atoms with van der Waals surface area (Å²) >= 11 is -0.0864. The van der Waals surface area contributed by atoms with Crippen LogP contribution in [0, 0.1) is 0 Å². The summed E-state index contributed by atoms with van der Waals surface area (Å²) < 4.78 is 7.77. The van der Waals surface area contributed by atoms with Gasteiger partial charge < -0.3 is 0 Å². The average Bonchev–Trinajstić information content (AvgIpc) is 3.04. The molecule has 27 heavy (non-hydrogen) atoms. The van der Waals surface area contributed by atoms with Gasteiger partial charge in [-0.25, -0.2) is 0 Å². The Morgan fingerprint density at radius 1 is 0.704 bits per heavy atom. The van der Waals surface area contributed by atoms with Gasteiger partial charge in [-0.05, 0) is 0 Å². The Hall–Kier alpha value is -2.00. The van der Waals surface area contributed by atoms with Crippen molar-refractivity contribution in [2.24, 2.45) is 0 Å². The van der Waals surface area contributed by atoms with Crippen LogP contribution in [0.4, 0.5) is 0 Å². The van der Waals surface area contributed by atoms with E-state index in [1.54, 1.807) is 4.40 Å². The van der Waals surface area contributed by atoms with E-state index >= 15 is 0 Å². The molecule has 0 aliphatic heterocycles. The fraction of sp³-hybridized carbons (Fsp3) is 0.280. The van der Waals surface area contributed by atoms with Gasteiger partial charge in [0.05, 0.1) is 0 Å². The van der Waals surface area contributed by atoms with Crippen molar-refractivity contribution < 1.29 is 4.42 Å². The van der Waals surface area contributed by atoms with Gasteiger partial charge in [0, 0.05) is 0 Å². The van der Waals surface area contributed by atoms with Gasteiger partial charge in [0.15, 0.2) is 0 Å². The van der Waals surface area contributed by atoms with Gasteiger partial charge in [0.2, 0.25) is 0 Å².